The molecule has 0 radical (unpaired) electrons. The van der Waals surface area contributed by atoms with Gasteiger partial charge in [0.25, 0.3) is 0 Å². The summed E-state index contributed by atoms with van der Waals surface area (Å²) in [4.78, 5) is 0. The third-order valence-electron chi connectivity index (χ3n) is 3.48. The quantitative estimate of drug-likeness (QED) is 0.731. The van der Waals surface area contributed by atoms with Crippen molar-refractivity contribution < 1.29 is 9.47 Å². The molecular formula is C16H25NO2. The maximum atomic E-state index is 5.91. The van der Waals surface area contributed by atoms with Crippen molar-refractivity contribution in [2.24, 2.45) is 0 Å². The Kier molecular flexibility index (Phi) is 6.34. The molecule has 3 heteroatoms. The van der Waals surface area contributed by atoms with Crippen molar-refractivity contribution in [3.63, 3.8) is 0 Å². The lowest BCUT2D eigenvalue weighted by molar-refractivity contribution is 0.0314. The van der Waals surface area contributed by atoms with Crippen molar-refractivity contribution in [3.05, 3.63) is 35.4 Å². The van der Waals surface area contributed by atoms with Gasteiger partial charge < -0.3 is 14.8 Å². The Morgan fingerprint density at radius 1 is 1.26 bits per heavy atom. The van der Waals surface area contributed by atoms with Crippen LogP contribution in [0.2, 0.25) is 0 Å². The van der Waals surface area contributed by atoms with E-state index in [9.17, 15) is 0 Å². The van der Waals surface area contributed by atoms with Gasteiger partial charge in [-0.1, -0.05) is 31.2 Å². The van der Waals surface area contributed by atoms with Gasteiger partial charge in [0.1, 0.15) is 0 Å². The highest BCUT2D eigenvalue weighted by molar-refractivity contribution is 5.26. The number of hydrogen-bond acceptors (Lipinski definition) is 3. The summed E-state index contributed by atoms with van der Waals surface area (Å²) in [5.41, 5.74) is 2.71. The van der Waals surface area contributed by atoms with E-state index in [0.717, 1.165) is 39.1 Å². The lowest BCUT2D eigenvalue weighted by Gasteiger charge is -2.13. The van der Waals surface area contributed by atoms with E-state index in [1.807, 2.05) is 0 Å². The molecule has 1 fully saturated rings. The highest BCUT2D eigenvalue weighted by Gasteiger charge is 2.16. The van der Waals surface area contributed by atoms with Crippen LogP contribution in [0.4, 0.5) is 0 Å². The Balaban J connectivity index is 1.80. The Labute approximate surface area is 116 Å². The maximum Gasteiger partial charge on any atom is 0.0834 e. The van der Waals surface area contributed by atoms with E-state index >= 15 is 0 Å². The minimum Gasteiger partial charge on any atom is -0.379 e. The zero-order chi connectivity index (χ0) is 13.3. The van der Waals surface area contributed by atoms with Gasteiger partial charge in [-0.2, -0.15) is 0 Å². The first-order valence-corrected chi connectivity index (χ1v) is 7.37. The topological polar surface area (TPSA) is 30.5 Å². The lowest BCUT2D eigenvalue weighted by Crippen LogP contribution is -2.19. The zero-order valence-corrected chi connectivity index (χ0v) is 11.9. The average molecular weight is 263 g/mol. The van der Waals surface area contributed by atoms with Gasteiger partial charge in [-0.25, -0.2) is 0 Å². The number of rotatable bonds is 8. The van der Waals surface area contributed by atoms with E-state index in [-0.39, 0.29) is 6.10 Å². The molecule has 1 atom stereocenters. The fourth-order valence-corrected chi connectivity index (χ4v) is 2.32. The van der Waals surface area contributed by atoms with Crippen molar-refractivity contribution in [2.45, 2.75) is 38.9 Å². The Morgan fingerprint density at radius 3 is 2.84 bits per heavy atom. The van der Waals surface area contributed by atoms with Crippen molar-refractivity contribution in [3.8, 4) is 0 Å². The van der Waals surface area contributed by atoms with Crippen LogP contribution in [0.15, 0.2) is 24.3 Å². The van der Waals surface area contributed by atoms with E-state index in [2.05, 4.69) is 36.5 Å². The van der Waals surface area contributed by atoms with Crippen LogP contribution >= 0.6 is 0 Å². The molecule has 1 aliphatic heterocycles. The zero-order valence-electron chi connectivity index (χ0n) is 11.9. The monoisotopic (exact) mass is 263 g/mol. The van der Waals surface area contributed by atoms with Gasteiger partial charge in [-0.3, -0.25) is 0 Å². The van der Waals surface area contributed by atoms with Gasteiger partial charge in [-0.15, -0.1) is 0 Å². The normalized spacial score (nSPS) is 18.9. The highest BCUT2D eigenvalue weighted by atomic mass is 16.5. The smallest absolute Gasteiger partial charge is 0.0834 e. The third kappa shape index (κ3) is 4.94. The van der Waals surface area contributed by atoms with Gasteiger partial charge in [0.05, 0.1) is 19.3 Å². The van der Waals surface area contributed by atoms with Gasteiger partial charge >= 0.3 is 0 Å². The van der Waals surface area contributed by atoms with Gasteiger partial charge in [0, 0.05) is 6.61 Å². The predicted molar refractivity (Wildman–Crippen MR) is 77.3 cm³/mol. The van der Waals surface area contributed by atoms with E-state index in [0.29, 0.717) is 6.61 Å². The molecule has 2 rings (SSSR count). The Hall–Kier alpha value is -0.900. The number of ether oxygens (including phenoxy) is 2. The van der Waals surface area contributed by atoms with Gasteiger partial charge in [-0.05, 0) is 43.5 Å². The first-order chi connectivity index (χ1) is 9.40. The largest absolute Gasteiger partial charge is 0.379 e. The maximum absolute atomic E-state index is 5.91. The Bertz CT molecular complexity index is 362. The predicted octanol–water partition coefficient (Wildman–Crippen LogP) is 2.53. The van der Waals surface area contributed by atoms with Gasteiger partial charge in [0.2, 0.25) is 0 Å². The third-order valence-corrected chi connectivity index (χ3v) is 3.48. The molecule has 1 aromatic rings. The minimum atomic E-state index is 0.284. The molecule has 0 aromatic heterocycles. The summed E-state index contributed by atoms with van der Waals surface area (Å²) in [7, 11) is 0. The number of nitrogens with one attached hydrogen (secondary N) is 1. The Morgan fingerprint density at radius 2 is 2.11 bits per heavy atom. The van der Waals surface area contributed by atoms with Crippen LogP contribution in [0.3, 0.4) is 0 Å². The summed E-state index contributed by atoms with van der Waals surface area (Å²) in [5.74, 6) is 0. The van der Waals surface area contributed by atoms with E-state index < -0.39 is 0 Å². The van der Waals surface area contributed by atoms with E-state index in [1.165, 1.54) is 17.5 Å². The molecule has 0 bridgehead atoms. The summed E-state index contributed by atoms with van der Waals surface area (Å²) in [6.45, 7) is 6.62. The average Bonchev–Trinajstić information content (AvgIpc) is 2.96. The van der Waals surface area contributed by atoms with Crippen LogP contribution < -0.4 is 5.32 Å². The summed E-state index contributed by atoms with van der Waals surface area (Å²) >= 11 is 0. The second-order valence-electron chi connectivity index (χ2n) is 5.07. The van der Waals surface area contributed by atoms with Crippen LogP contribution in [0.5, 0.6) is 0 Å². The molecule has 0 spiro atoms. The van der Waals surface area contributed by atoms with Crippen molar-refractivity contribution in [2.75, 3.05) is 26.3 Å². The number of benzene rings is 1. The molecule has 0 aliphatic carbocycles. The van der Waals surface area contributed by atoms with Crippen molar-refractivity contribution in [1.29, 1.82) is 0 Å². The molecular weight excluding hydrogens is 238 g/mol. The molecule has 1 unspecified atom stereocenters. The second-order valence-corrected chi connectivity index (χ2v) is 5.07. The van der Waals surface area contributed by atoms with Gasteiger partial charge in [0.15, 0.2) is 0 Å². The summed E-state index contributed by atoms with van der Waals surface area (Å²) < 4.78 is 11.2. The minimum absolute atomic E-state index is 0.284. The van der Waals surface area contributed by atoms with Crippen LogP contribution in [0.1, 0.15) is 30.9 Å². The fourth-order valence-electron chi connectivity index (χ4n) is 2.32. The van der Waals surface area contributed by atoms with E-state index in [1.54, 1.807) is 0 Å². The SMILES string of the molecule is CCCNCCc1ccccc1COC1CCOC1. The molecule has 0 amide bonds. The molecule has 3 nitrogen and oxygen atoms in total. The summed E-state index contributed by atoms with van der Waals surface area (Å²) in [6, 6.07) is 8.58. The summed E-state index contributed by atoms with van der Waals surface area (Å²) in [5, 5.41) is 3.45. The first kappa shape index (κ1) is 14.5. The fraction of sp³-hybridized carbons (Fsp3) is 0.625. The molecule has 106 valence electrons. The molecule has 0 saturated carbocycles. The van der Waals surface area contributed by atoms with Crippen LogP contribution in [-0.2, 0) is 22.5 Å². The van der Waals surface area contributed by atoms with Crippen LogP contribution in [0.25, 0.3) is 0 Å². The molecule has 1 aliphatic rings. The number of hydrogen-bond donors (Lipinski definition) is 1. The standard InChI is InChI=1S/C16H25NO2/c1-2-9-17-10-7-14-5-3-4-6-15(14)12-19-16-8-11-18-13-16/h3-6,16-17H,2,7-13H2,1H3. The molecule has 1 N–H and O–H groups in total. The molecule has 1 heterocycles. The lowest BCUT2D eigenvalue weighted by atomic mass is 10.1. The summed E-state index contributed by atoms with van der Waals surface area (Å²) in [6.07, 6.45) is 3.57. The van der Waals surface area contributed by atoms with E-state index in [4.69, 9.17) is 9.47 Å². The highest BCUT2D eigenvalue weighted by Crippen LogP contribution is 2.15. The first-order valence-electron chi connectivity index (χ1n) is 7.37. The van der Waals surface area contributed by atoms with Crippen LogP contribution in [-0.4, -0.2) is 32.4 Å². The van der Waals surface area contributed by atoms with Crippen LogP contribution in [0, 0.1) is 0 Å². The molecule has 1 aromatic carbocycles. The van der Waals surface area contributed by atoms with Crippen molar-refractivity contribution >= 4 is 0 Å². The second kappa shape index (κ2) is 8.31. The molecule has 19 heavy (non-hydrogen) atoms. The molecule has 1 saturated heterocycles. The van der Waals surface area contributed by atoms with Crippen molar-refractivity contribution in [1.82, 2.24) is 5.32 Å².